The van der Waals surface area contributed by atoms with Gasteiger partial charge in [0.05, 0.1) is 0 Å². The number of nitrogens with zero attached hydrogens (tertiary/aromatic N) is 2. The lowest BCUT2D eigenvalue weighted by Gasteiger charge is -1.96. The van der Waals surface area contributed by atoms with Crippen LogP contribution in [0.1, 0.15) is 32.7 Å². The predicted molar refractivity (Wildman–Crippen MR) is 94.8 cm³/mol. The van der Waals surface area contributed by atoms with Crippen molar-refractivity contribution in [3.05, 3.63) is 81.8 Å². The van der Waals surface area contributed by atoms with Gasteiger partial charge in [-0.15, -0.1) is 11.3 Å². The maximum atomic E-state index is 12.1. The van der Waals surface area contributed by atoms with Crippen LogP contribution in [0, 0.1) is 0 Å². The molecular formula is C19H18N2OS. The molecule has 2 aromatic heterocycles. The predicted octanol–water partition coefficient (Wildman–Crippen LogP) is 4.45. The van der Waals surface area contributed by atoms with E-state index in [0.717, 1.165) is 17.8 Å². The van der Waals surface area contributed by atoms with E-state index in [1.807, 2.05) is 25.3 Å². The van der Waals surface area contributed by atoms with E-state index in [4.69, 9.17) is 0 Å². The SMILES string of the molecule is CCn1ccc(C(=O)/C=C/c2ccc(Cc3ccccc3)s2)n1. The zero-order valence-corrected chi connectivity index (χ0v) is 13.8. The second kappa shape index (κ2) is 7.20. The molecule has 0 aliphatic carbocycles. The molecule has 3 rings (SSSR count). The highest BCUT2D eigenvalue weighted by molar-refractivity contribution is 7.12. The number of thiophene rings is 1. The van der Waals surface area contributed by atoms with Gasteiger partial charge in [0.25, 0.3) is 0 Å². The summed E-state index contributed by atoms with van der Waals surface area (Å²) in [5, 5.41) is 4.22. The molecule has 0 aliphatic heterocycles. The lowest BCUT2D eigenvalue weighted by Crippen LogP contribution is -1.99. The van der Waals surface area contributed by atoms with Crippen molar-refractivity contribution in [1.82, 2.24) is 9.78 Å². The van der Waals surface area contributed by atoms with Crippen LogP contribution in [0.4, 0.5) is 0 Å². The monoisotopic (exact) mass is 322 g/mol. The van der Waals surface area contributed by atoms with E-state index >= 15 is 0 Å². The van der Waals surface area contributed by atoms with Crippen molar-refractivity contribution in [2.24, 2.45) is 0 Å². The third kappa shape index (κ3) is 4.05. The molecule has 0 amide bonds. The van der Waals surface area contributed by atoms with Crippen molar-refractivity contribution in [3.8, 4) is 0 Å². The molecule has 0 saturated heterocycles. The number of allylic oxidation sites excluding steroid dienone is 1. The minimum Gasteiger partial charge on any atom is -0.287 e. The highest BCUT2D eigenvalue weighted by Crippen LogP contribution is 2.21. The average Bonchev–Trinajstić information content (AvgIpc) is 3.23. The van der Waals surface area contributed by atoms with Gasteiger partial charge in [-0.05, 0) is 42.8 Å². The Morgan fingerprint density at radius 1 is 1.17 bits per heavy atom. The molecule has 3 nitrogen and oxygen atoms in total. The molecule has 0 spiro atoms. The summed E-state index contributed by atoms with van der Waals surface area (Å²) in [4.78, 5) is 14.5. The summed E-state index contributed by atoms with van der Waals surface area (Å²) in [6.07, 6.45) is 6.21. The van der Waals surface area contributed by atoms with Crippen LogP contribution < -0.4 is 0 Å². The van der Waals surface area contributed by atoms with Gasteiger partial charge in [0.15, 0.2) is 0 Å². The summed E-state index contributed by atoms with van der Waals surface area (Å²) in [6, 6.07) is 16.3. The zero-order chi connectivity index (χ0) is 16.1. The third-order valence-electron chi connectivity index (χ3n) is 3.52. The van der Waals surface area contributed by atoms with Crippen LogP contribution in [-0.4, -0.2) is 15.6 Å². The maximum Gasteiger partial charge on any atom is 0.206 e. The van der Waals surface area contributed by atoms with E-state index in [1.165, 1.54) is 10.4 Å². The van der Waals surface area contributed by atoms with Crippen molar-refractivity contribution in [1.29, 1.82) is 0 Å². The van der Waals surface area contributed by atoms with Gasteiger partial charge < -0.3 is 0 Å². The molecule has 0 radical (unpaired) electrons. The number of aromatic nitrogens is 2. The van der Waals surface area contributed by atoms with Crippen molar-refractivity contribution in [2.75, 3.05) is 0 Å². The van der Waals surface area contributed by atoms with Crippen LogP contribution in [0.25, 0.3) is 6.08 Å². The lowest BCUT2D eigenvalue weighted by molar-refractivity contribution is 0.104. The lowest BCUT2D eigenvalue weighted by atomic mass is 10.1. The van der Waals surface area contributed by atoms with Crippen LogP contribution in [0.2, 0.25) is 0 Å². The van der Waals surface area contributed by atoms with Gasteiger partial charge in [-0.2, -0.15) is 5.10 Å². The maximum absolute atomic E-state index is 12.1. The Hall–Kier alpha value is -2.46. The average molecular weight is 322 g/mol. The smallest absolute Gasteiger partial charge is 0.206 e. The van der Waals surface area contributed by atoms with Crippen molar-refractivity contribution < 1.29 is 4.79 Å². The summed E-state index contributed by atoms with van der Waals surface area (Å²) in [5.41, 5.74) is 1.79. The van der Waals surface area contributed by atoms with E-state index in [2.05, 4.69) is 41.5 Å². The summed E-state index contributed by atoms with van der Waals surface area (Å²) in [5.74, 6) is -0.0600. The molecule has 3 aromatic rings. The van der Waals surface area contributed by atoms with E-state index < -0.39 is 0 Å². The van der Waals surface area contributed by atoms with E-state index in [9.17, 15) is 4.79 Å². The standard InChI is InChI=1S/C19H18N2OS/c1-2-21-13-12-18(20-21)19(22)11-10-16-8-9-17(23-16)14-15-6-4-3-5-7-15/h3-13H,2,14H2,1H3/b11-10+. The molecule has 0 N–H and O–H groups in total. The van der Waals surface area contributed by atoms with Crippen LogP contribution >= 0.6 is 11.3 Å². The second-order valence-corrected chi connectivity index (χ2v) is 6.42. The third-order valence-corrected chi connectivity index (χ3v) is 4.57. The number of ketones is 1. The summed E-state index contributed by atoms with van der Waals surface area (Å²) < 4.78 is 1.75. The normalized spacial score (nSPS) is 11.2. The fourth-order valence-corrected chi connectivity index (χ4v) is 3.24. The van der Waals surface area contributed by atoms with Gasteiger partial charge in [-0.25, -0.2) is 0 Å². The Balaban J connectivity index is 1.65. The minimum atomic E-state index is -0.0600. The molecule has 1 aromatic carbocycles. The highest BCUT2D eigenvalue weighted by Gasteiger charge is 2.06. The minimum absolute atomic E-state index is 0.0600. The summed E-state index contributed by atoms with van der Waals surface area (Å²) in [6.45, 7) is 2.77. The number of hydrogen-bond donors (Lipinski definition) is 0. The van der Waals surface area contributed by atoms with E-state index in [1.54, 1.807) is 28.2 Å². The Morgan fingerprint density at radius 2 is 2.00 bits per heavy atom. The largest absolute Gasteiger partial charge is 0.287 e. The molecule has 2 heterocycles. The highest BCUT2D eigenvalue weighted by atomic mass is 32.1. The quantitative estimate of drug-likeness (QED) is 0.496. The second-order valence-electron chi connectivity index (χ2n) is 5.22. The van der Waals surface area contributed by atoms with Crippen LogP contribution in [0.3, 0.4) is 0 Å². The fourth-order valence-electron chi connectivity index (χ4n) is 2.29. The van der Waals surface area contributed by atoms with E-state index in [0.29, 0.717) is 5.69 Å². The number of aryl methyl sites for hydroxylation is 1. The Morgan fingerprint density at radius 3 is 2.74 bits per heavy atom. The number of rotatable bonds is 6. The number of carbonyl (C=O) groups excluding carboxylic acids is 1. The zero-order valence-electron chi connectivity index (χ0n) is 13.0. The van der Waals surface area contributed by atoms with Gasteiger partial charge in [0, 0.05) is 28.9 Å². The van der Waals surface area contributed by atoms with Crippen LogP contribution in [0.15, 0.2) is 60.8 Å². The first-order chi connectivity index (χ1) is 11.2. The molecule has 0 atom stereocenters. The molecule has 0 saturated carbocycles. The summed E-state index contributed by atoms with van der Waals surface area (Å²) >= 11 is 1.71. The first-order valence-corrected chi connectivity index (χ1v) is 8.45. The van der Waals surface area contributed by atoms with Crippen molar-refractivity contribution in [2.45, 2.75) is 19.9 Å². The van der Waals surface area contributed by atoms with Crippen LogP contribution in [0.5, 0.6) is 0 Å². The van der Waals surface area contributed by atoms with Gasteiger partial charge in [0.1, 0.15) is 5.69 Å². The van der Waals surface area contributed by atoms with E-state index in [-0.39, 0.29) is 5.78 Å². The molecule has 0 fully saturated rings. The molecule has 0 aliphatic rings. The Kier molecular flexibility index (Phi) is 4.83. The van der Waals surface area contributed by atoms with Crippen molar-refractivity contribution >= 4 is 23.2 Å². The molecule has 0 unspecified atom stereocenters. The first-order valence-electron chi connectivity index (χ1n) is 7.63. The molecule has 0 bridgehead atoms. The van der Waals surface area contributed by atoms with Crippen molar-refractivity contribution in [3.63, 3.8) is 0 Å². The van der Waals surface area contributed by atoms with Gasteiger partial charge in [-0.1, -0.05) is 30.3 Å². The molecule has 23 heavy (non-hydrogen) atoms. The van der Waals surface area contributed by atoms with Crippen LogP contribution in [-0.2, 0) is 13.0 Å². The molecular weight excluding hydrogens is 304 g/mol. The topological polar surface area (TPSA) is 34.9 Å². The number of carbonyl (C=O) groups is 1. The van der Waals surface area contributed by atoms with Gasteiger partial charge in [0.2, 0.25) is 5.78 Å². The first kappa shape index (κ1) is 15.4. The number of benzene rings is 1. The van der Waals surface area contributed by atoms with Gasteiger partial charge >= 0.3 is 0 Å². The number of hydrogen-bond acceptors (Lipinski definition) is 3. The molecule has 4 heteroatoms. The fraction of sp³-hybridized carbons (Fsp3) is 0.158. The van der Waals surface area contributed by atoms with Gasteiger partial charge in [-0.3, -0.25) is 9.48 Å². The Bertz CT molecular complexity index is 815. The Labute approximate surface area is 139 Å². The summed E-state index contributed by atoms with van der Waals surface area (Å²) in [7, 11) is 0. The molecule has 116 valence electrons.